The van der Waals surface area contributed by atoms with Gasteiger partial charge < -0.3 is 32.0 Å². The van der Waals surface area contributed by atoms with E-state index in [0.29, 0.717) is 17.5 Å². The number of nitrogens with one attached hydrogen (secondary N) is 4. The van der Waals surface area contributed by atoms with Crippen LogP contribution < -0.4 is 27.9 Å². The monoisotopic (exact) mass is 610 g/mol. The molecule has 15 nitrogen and oxygen atoms in total. The number of nitrogen functional groups attached to an aromatic ring is 2. The smallest absolute Gasteiger partial charge is 0.335 e. The molecule has 1 amide bonds. The summed E-state index contributed by atoms with van der Waals surface area (Å²) in [4.78, 5) is 80.1. The summed E-state index contributed by atoms with van der Waals surface area (Å²) in [7, 11) is 0. The van der Waals surface area contributed by atoms with E-state index in [1.165, 1.54) is 24.3 Å². The number of H-pyrrole nitrogens is 3. The summed E-state index contributed by atoms with van der Waals surface area (Å²) >= 11 is 0. The Kier molecular flexibility index (Phi) is 6.92. The Morgan fingerprint density at radius 3 is 1.89 bits per heavy atom. The van der Waals surface area contributed by atoms with Crippen molar-refractivity contribution in [2.24, 2.45) is 0 Å². The largest absolute Gasteiger partial charge is 0.478 e. The van der Waals surface area contributed by atoms with Gasteiger partial charge in [-0.25, -0.2) is 9.59 Å². The first-order chi connectivity index (χ1) is 21.5. The van der Waals surface area contributed by atoms with Crippen molar-refractivity contribution in [1.82, 2.24) is 24.9 Å². The normalized spacial score (nSPS) is 15.6. The van der Waals surface area contributed by atoms with E-state index < -0.39 is 34.4 Å². The van der Waals surface area contributed by atoms with Gasteiger partial charge in [0, 0.05) is 5.69 Å². The fourth-order valence-corrected chi connectivity index (χ4v) is 5.93. The number of nitrogens with zero attached hydrogens (tertiary/aromatic N) is 2. The van der Waals surface area contributed by atoms with Crippen molar-refractivity contribution < 1.29 is 24.6 Å². The van der Waals surface area contributed by atoms with Crippen LogP contribution in [0.4, 0.5) is 17.7 Å². The number of hydrogen-bond acceptors (Lipinski definition) is 9. The molecule has 0 spiro atoms. The van der Waals surface area contributed by atoms with E-state index in [4.69, 9.17) is 11.5 Å². The highest BCUT2D eigenvalue weighted by atomic mass is 16.4. The molecule has 1 aliphatic rings. The van der Waals surface area contributed by atoms with Gasteiger partial charge in [-0.1, -0.05) is 24.3 Å². The van der Waals surface area contributed by atoms with Gasteiger partial charge in [0.1, 0.15) is 16.9 Å². The first-order valence-electron chi connectivity index (χ1n) is 13.7. The minimum absolute atomic E-state index is 0.00739. The molecule has 4 heterocycles. The molecule has 45 heavy (non-hydrogen) atoms. The number of carbonyl (C=O) groups excluding carboxylic acids is 1. The van der Waals surface area contributed by atoms with Gasteiger partial charge in [-0.05, 0) is 66.6 Å². The summed E-state index contributed by atoms with van der Waals surface area (Å²) < 4.78 is 0. The molecule has 0 bridgehead atoms. The molecule has 0 radical (unpaired) electrons. The van der Waals surface area contributed by atoms with Gasteiger partial charge in [0.2, 0.25) is 17.8 Å². The lowest BCUT2D eigenvalue weighted by Gasteiger charge is -2.27. The number of rotatable bonds is 9. The molecule has 3 aromatic heterocycles. The van der Waals surface area contributed by atoms with Gasteiger partial charge in [-0.15, -0.1) is 0 Å². The molecular weight excluding hydrogens is 584 g/mol. The molecule has 1 atom stereocenters. The van der Waals surface area contributed by atoms with Gasteiger partial charge in [-0.3, -0.25) is 24.4 Å². The fourth-order valence-electron chi connectivity index (χ4n) is 5.93. The molecule has 10 N–H and O–H groups in total. The number of carboxylic acid groups (broad SMARTS) is 2. The van der Waals surface area contributed by atoms with E-state index in [9.17, 15) is 34.2 Å². The van der Waals surface area contributed by atoms with Gasteiger partial charge in [0.15, 0.2) is 0 Å². The number of fused-ring (bicyclic) bond motifs is 2. The molecule has 0 fully saturated rings. The Hall–Kier alpha value is -6.25. The molecule has 228 valence electrons. The highest BCUT2D eigenvalue weighted by Gasteiger charge is 2.53. The zero-order valence-corrected chi connectivity index (χ0v) is 23.4. The predicted octanol–water partition coefficient (Wildman–Crippen LogP) is 1.55. The van der Waals surface area contributed by atoms with E-state index in [2.05, 4.69) is 30.2 Å². The molecular formula is C30H26N8O7. The third kappa shape index (κ3) is 4.95. The molecule has 6 rings (SSSR count). The number of benzene rings is 2. The second-order valence-electron chi connectivity index (χ2n) is 10.7. The van der Waals surface area contributed by atoms with Crippen LogP contribution in [0.25, 0.3) is 11.0 Å². The third-order valence-electron chi connectivity index (χ3n) is 8.05. The Morgan fingerprint density at radius 2 is 1.29 bits per heavy atom. The topological polar surface area (TPSA) is 263 Å². The maximum absolute atomic E-state index is 14.1. The molecule has 0 aliphatic carbocycles. The Bertz CT molecular complexity index is 2130. The van der Waals surface area contributed by atoms with E-state index in [-0.39, 0.29) is 70.4 Å². The average molecular weight is 611 g/mol. The molecule has 5 aromatic rings. The number of carbonyl (C=O) groups is 3. The van der Waals surface area contributed by atoms with Crippen LogP contribution in [0.1, 0.15) is 55.1 Å². The molecule has 2 aromatic carbocycles. The Balaban J connectivity index is 1.53. The minimum Gasteiger partial charge on any atom is -0.478 e. The lowest BCUT2D eigenvalue weighted by atomic mass is 9.73. The summed E-state index contributed by atoms with van der Waals surface area (Å²) in [5, 5.41) is 21.4. The maximum atomic E-state index is 14.1. The SMILES string of the molecule is Nc1nc2c(c(=O)[nH]1)C(CCc1ccc(C(=O)O)cc1)(c1[nH]c3nc(N)[nH]c(=O)c3c1CCc1ccc(C(=O)O)cc1)C(=O)N2. The van der Waals surface area contributed by atoms with Crippen molar-refractivity contribution in [2.45, 2.75) is 31.1 Å². The molecule has 0 saturated carbocycles. The number of aromatic amines is 3. The van der Waals surface area contributed by atoms with Gasteiger partial charge in [0.25, 0.3) is 11.1 Å². The van der Waals surface area contributed by atoms with Crippen LogP contribution in [-0.4, -0.2) is 53.0 Å². The molecule has 1 unspecified atom stereocenters. The zero-order chi connectivity index (χ0) is 32.0. The Labute approximate surface area is 252 Å². The predicted molar refractivity (Wildman–Crippen MR) is 162 cm³/mol. The van der Waals surface area contributed by atoms with Gasteiger partial charge in [-0.2, -0.15) is 9.97 Å². The maximum Gasteiger partial charge on any atom is 0.335 e. The molecule has 1 aliphatic heterocycles. The number of carboxylic acids is 2. The van der Waals surface area contributed by atoms with Crippen molar-refractivity contribution in [3.63, 3.8) is 0 Å². The van der Waals surface area contributed by atoms with Crippen LogP contribution >= 0.6 is 0 Å². The van der Waals surface area contributed by atoms with E-state index >= 15 is 0 Å². The summed E-state index contributed by atoms with van der Waals surface area (Å²) in [6.45, 7) is 0. The third-order valence-corrected chi connectivity index (χ3v) is 8.05. The van der Waals surface area contributed by atoms with Crippen LogP contribution in [-0.2, 0) is 29.5 Å². The number of aryl methyl sites for hydroxylation is 3. The second-order valence-corrected chi connectivity index (χ2v) is 10.7. The van der Waals surface area contributed by atoms with Crippen LogP contribution in [0.3, 0.4) is 0 Å². The summed E-state index contributed by atoms with van der Waals surface area (Å²) in [5.41, 5.74) is 11.1. The van der Waals surface area contributed by atoms with Crippen LogP contribution in [0.15, 0.2) is 58.1 Å². The summed E-state index contributed by atoms with van der Waals surface area (Å²) in [5.74, 6) is -3.14. The average Bonchev–Trinajstić information content (AvgIpc) is 3.50. The van der Waals surface area contributed by atoms with Gasteiger partial charge >= 0.3 is 11.9 Å². The van der Waals surface area contributed by atoms with E-state index in [1.807, 2.05) is 0 Å². The van der Waals surface area contributed by atoms with Gasteiger partial charge in [0.05, 0.1) is 22.1 Å². The van der Waals surface area contributed by atoms with Crippen LogP contribution in [0, 0.1) is 0 Å². The standard InChI is InChI=1S/C30H26N8O7/c31-28-35-21-18(23(39)37-28)17(10-5-13-1-6-15(7-2-13)25(41)42)20(33-21)30(12-11-14-3-8-16(9-4-14)26(43)44)19-22(34-27(30)45)36-29(32)38-24(19)40/h1-4,6-9H,5,10-12H2,(H,41,42)(H,43,44)(H4,31,33,35,37,39)(H4,32,34,36,38,40,45). The second kappa shape index (κ2) is 10.8. The lowest BCUT2D eigenvalue weighted by molar-refractivity contribution is -0.119. The molecule has 15 heteroatoms. The fraction of sp³-hybridized carbons (Fsp3) is 0.167. The summed E-state index contributed by atoms with van der Waals surface area (Å²) in [6, 6.07) is 12.4. The van der Waals surface area contributed by atoms with Crippen molar-refractivity contribution in [1.29, 1.82) is 0 Å². The number of aromatic carboxylic acids is 2. The first-order valence-corrected chi connectivity index (χ1v) is 13.7. The summed E-state index contributed by atoms with van der Waals surface area (Å²) in [6.07, 6.45) is 0.747. The van der Waals surface area contributed by atoms with Crippen LogP contribution in [0.5, 0.6) is 0 Å². The minimum atomic E-state index is -1.71. The number of amides is 1. The van der Waals surface area contributed by atoms with Crippen molar-refractivity contribution in [3.8, 4) is 0 Å². The van der Waals surface area contributed by atoms with E-state index in [1.54, 1.807) is 24.3 Å². The number of hydrogen-bond donors (Lipinski definition) is 8. The first kappa shape index (κ1) is 28.9. The molecule has 0 saturated heterocycles. The highest BCUT2D eigenvalue weighted by molar-refractivity contribution is 6.08. The van der Waals surface area contributed by atoms with Crippen LogP contribution in [0.2, 0.25) is 0 Å². The zero-order valence-electron chi connectivity index (χ0n) is 23.4. The quantitative estimate of drug-likeness (QED) is 0.119. The highest BCUT2D eigenvalue weighted by Crippen LogP contribution is 2.45. The van der Waals surface area contributed by atoms with Crippen molar-refractivity contribution in [2.75, 3.05) is 16.8 Å². The van der Waals surface area contributed by atoms with E-state index in [0.717, 1.165) is 5.56 Å². The lowest BCUT2D eigenvalue weighted by Crippen LogP contribution is -2.41. The Morgan fingerprint density at radius 1 is 0.733 bits per heavy atom. The number of nitrogens with two attached hydrogens (primary N) is 2. The number of anilines is 3. The van der Waals surface area contributed by atoms with Crippen molar-refractivity contribution >= 4 is 46.6 Å². The van der Waals surface area contributed by atoms with Crippen molar-refractivity contribution in [3.05, 3.63) is 108 Å². The number of aromatic nitrogens is 5.